The molecule has 1 aromatic rings. The van der Waals surface area contributed by atoms with Crippen LogP contribution in [-0.2, 0) is 6.54 Å². The average Bonchev–Trinajstić information content (AvgIpc) is 2.26. The van der Waals surface area contributed by atoms with Crippen molar-refractivity contribution < 1.29 is 4.74 Å². The lowest BCUT2D eigenvalue weighted by molar-refractivity contribution is 0.184. The molecule has 0 bridgehead atoms. The molecule has 1 atom stereocenters. The first-order valence-electron chi connectivity index (χ1n) is 6.68. The first-order chi connectivity index (χ1) is 8.47. The number of rotatable bonds is 7. The van der Waals surface area contributed by atoms with Gasteiger partial charge in [-0.25, -0.2) is 4.98 Å². The maximum absolute atomic E-state index is 5.71. The summed E-state index contributed by atoms with van der Waals surface area (Å²) in [5, 5.41) is 3.30. The maximum Gasteiger partial charge on any atom is 0.232 e. The third-order valence-electron chi connectivity index (χ3n) is 2.50. The summed E-state index contributed by atoms with van der Waals surface area (Å²) >= 11 is 0. The van der Waals surface area contributed by atoms with Crippen LogP contribution in [0, 0.1) is 5.92 Å². The Morgan fingerprint density at radius 2 is 1.83 bits per heavy atom. The van der Waals surface area contributed by atoms with Crippen molar-refractivity contribution in [2.45, 2.75) is 59.7 Å². The van der Waals surface area contributed by atoms with Gasteiger partial charge in [-0.05, 0) is 19.3 Å². The summed E-state index contributed by atoms with van der Waals surface area (Å²) in [7, 11) is 0. The zero-order valence-corrected chi connectivity index (χ0v) is 12.1. The van der Waals surface area contributed by atoms with Crippen molar-refractivity contribution in [3.8, 4) is 5.88 Å². The Kier molecular flexibility index (Phi) is 6.05. The predicted molar refractivity (Wildman–Crippen MR) is 73.6 cm³/mol. The SMILES string of the molecule is CC(C)CC(C)Oc1cnc(CNC(C)C)cn1. The number of ether oxygens (including phenoxy) is 1. The van der Waals surface area contributed by atoms with Crippen LogP contribution in [0.2, 0.25) is 0 Å². The molecule has 0 saturated heterocycles. The summed E-state index contributed by atoms with van der Waals surface area (Å²) in [6, 6.07) is 0.453. The largest absolute Gasteiger partial charge is 0.474 e. The second-order valence-corrected chi connectivity index (χ2v) is 5.44. The molecule has 1 heterocycles. The van der Waals surface area contributed by atoms with E-state index in [0.717, 1.165) is 18.7 Å². The Morgan fingerprint density at radius 1 is 1.11 bits per heavy atom. The van der Waals surface area contributed by atoms with Crippen LogP contribution in [0.4, 0.5) is 0 Å². The molecule has 4 heteroatoms. The van der Waals surface area contributed by atoms with Gasteiger partial charge in [0.25, 0.3) is 0 Å². The number of nitrogens with one attached hydrogen (secondary N) is 1. The van der Waals surface area contributed by atoms with Gasteiger partial charge in [0.1, 0.15) is 0 Å². The van der Waals surface area contributed by atoms with Crippen LogP contribution in [0.5, 0.6) is 5.88 Å². The van der Waals surface area contributed by atoms with Crippen molar-refractivity contribution in [2.75, 3.05) is 0 Å². The Hall–Kier alpha value is -1.16. The zero-order chi connectivity index (χ0) is 13.5. The Balaban J connectivity index is 2.44. The van der Waals surface area contributed by atoms with Crippen LogP contribution in [0.1, 0.15) is 46.7 Å². The summed E-state index contributed by atoms with van der Waals surface area (Å²) < 4.78 is 5.71. The minimum Gasteiger partial charge on any atom is -0.474 e. The van der Waals surface area contributed by atoms with Crippen molar-refractivity contribution in [1.82, 2.24) is 15.3 Å². The molecule has 1 unspecified atom stereocenters. The number of hydrogen-bond acceptors (Lipinski definition) is 4. The predicted octanol–water partition coefficient (Wildman–Crippen LogP) is 2.79. The number of hydrogen-bond donors (Lipinski definition) is 1. The summed E-state index contributed by atoms with van der Waals surface area (Å²) in [5.41, 5.74) is 0.938. The van der Waals surface area contributed by atoms with E-state index in [1.165, 1.54) is 0 Å². The fourth-order valence-electron chi connectivity index (χ4n) is 1.72. The van der Waals surface area contributed by atoms with E-state index < -0.39 is 0 Å². The van der Waals surface area contributed by atoms with Gasteiger partial charge in [-0.1, -0.05) is 27.7 Å². The van der Waals surface area contributed by atoms with E-state index in [9.17, 15) is 0 Å². The van der Waals surface area contributed by atoms with Gasteiger partial charge < -0.3 is 10.1 Å². The van der Waals surface area contributed by atoms with Crippen molar-refractivity contribution in [3.63, 3.8) is 0 Å². The molecular formula is C14H25N3O. The lowest BCUT2D eigenvalue weighted by Crippen LogP contribution is -2.22. The van der Waals surface area contributed by atoms with Crippen LogP contribution in [-0.4, -0.2) is 22.1 Å². The smallest absolute Gasteiger partial charge is 0.232 e. The molecule has 0 aliphatic heterocycles. The first-order valence-corrected chi connectivity index (χ1v) is 6.68. The highest BCUT2D eigenvalue weighted by Crippen LogP contribution is 2.12. The second-order valence-electron chi connectivity index (χ2n) is 5.44. The van der Waals surface area contributed by atoms with E-state index in [1.54, 1.807) is 12.4 Å². The van der Waals surface area contributed by atoms with E-state index in [1.807, 2.05) is 0 Å². The monoisotopic (exact) mass is 251 g/mol. The fraction of sp³-hybridized carbons (Fsp3) is 0.714. The van der Waals surface area contributed by atoms with Gasteiger partial charge in [0.15, 0.2) is 0 Å². The van der Waals surface area contributed by atoms with Crippen molar-refractivity contribution >= 4 is 0 Å². The molecule has 1 rings (SSSR count). The van der Waals surface area contributed by atoms with Crippen LogP contribution in [0.25, 0.3) is 0 Å². The van der Waals surface area contributed by atoms with E-state index >= 15 is 0 Å². The number of aromatic nitrogens is 2. The van der Waals surface area contributed by atoms with Gasteiger partial charge in [0.05, 0.1) is 24.2 Å². The van der Waals surface area contributed by atoms with Gasteiger partial charge in [0.2, 0.25) is 5.88 Å². The summed E-state index contributed by atoms with van der Waals surface area (Å²) in [4.78, 5) is 8.61. The highest BCUT2D eigenvalue weighted by molar-refractivity contribution is 5.07. The molecule has 0 aliphatic rings. The molecule has 102 valence electrons. The molecule has 4 nitrogen and oxygen atoms in total. The maximum atomic E-state index is 5.71. The Labute approximate surface area is 110 Å². The van der Waals surface area contributed by atoms with Crippen molar-refractivity contribution in [2.24, 2.45) is 5.92 Å². The average molecular weight is 251 g/mol. The minimum atomic E-state index is 0.180. The highest BCUT2D eigenvalue weighted by Gasteiger charge is 2.08. The molecule has 1 N–H and O–H groups in total. The Morgan fingerprint density at radius 3 is 2.33 bits per heavy atom. The van der Waals surface area contributed by atoms with Crippen molar-refractivity contribution in [1.29, 1.82) is 0 Å². The molecule has 0 radical (unpaired) electrons. The molecule has 18 heavy (non-hydrogen) atoms. The van der Waals surface area contributed by atoms with E-state index in [4.69, 9.17) is 4.74 Å². The summed E-state index contributed by atoms with van der Waals surface area (Å²) in [6.07, 6.45) is 4.68. The lowest BCUT2D eigenvalue weighted by atomic mass is 10.1. The summed E-state index contributed by atoms with van der Waals surface area (Å²) in [6.45, 7) is 11.4. The van der Waals surface area contributed by atoms with E-state index in [0.29, 0.717) is 17.8 Å². The third-order valence-corrected chi connectivity index (χ3v) is 2.50. The van der Waals surface area contributed by atoms with Crippen LogP contribution < -0.4 is 10.1 Å². The van der Waals surface area contributed by atoms with Gasteiger partial charge in [0, 0.05) is 12.6 Å². The molecule has 0 aliphatic carbocycles. The molecule has 0 saturated carbocycles. The van der Waals surface area contributed by atoms with E-state index in [-0.39, 0.29) is 6.10 Å². The third kappa shape index (κ3) is 5.96. The molecular weight excluding hydrogens is 226 g/mol. The molecule has 1 aromatic heterocycles. The standard InChI is InChI=1S/C14H25N3O/c1-10(2)6-12(5)18-14-9-16-13(8-17-14)7-15-11(3)4/h8-12,15H,6-7H2,1-5H3. The van der Waals surface area contributed by atoms with Crippen LogP contribution in [0.15, 0.2) is 12.4 Å². The first kappa shape index (κ1) is 14.9. The zero-order valence-electron chi connectivity index (χ0n) is 12.1. The Bertz CT molecular complexity index is 335. The van der Waals surface area contributed by atoms with Crippen LogP contribution >= 0.6 is 0 Å². The molecule has 0 aromatic carbocycles. The number of nitrogens with zero attached hydrogens (tertiary/aromatic N) is 2. The normalized spacial score (nSPS) is 13.1. The lowest BCUT2D eigenvalue weighted by Gasteiger charge is -2.15. The van der Waals surface area contributed by atoms with Gasteiger partial charge in [-0.15, -0.1) is 0 Å². The van der Waals surface area contributed by atoms with Gasteiger partial charge in [-0.2, -0.15) is 0 Å². The molecule has 0 amide bonds. The van der Waals surface area contributed by atoms with E-state index in [2.05, 4.69) is 49.9 Å². The quantitative estimate of drug-likeness (QED) is 0.809. The second kappa shape index (κ2) is 7.31. The topological polar surface area (TPSA) is 47.0 Å². The molecule has 0 spiro atoms. The van der Waals surface area contributed by atoms with Crippen molar-refractivity contribution in [3.05, 3.63) is 18.1 Å². The highest BCUT2D eigenvalue weighted by atomic mass is 16.5. The summed E-state index contributed by atoms with van der Waals surface area (Å²) in [5.74, 6) is 1.24. The molecule has 0 fully saturated rings. The fourth-order valence-corrected chi connectivity index (χ4v) is 1.72. The van der Waals surface area contributed by atoms with Gasteiger partial charge >= 0.3 is 0 Å². The van der Waals surface area contributed by atoms with Crippen LogP contribution in [0.3, 0.4) is 0 Å². The van der Waals surface area contributed by atoms with Gasteiger partial charge in [-0.3, -0.25) is 4.98 Å². The minimum absolute atomic E-state index is 0.180.